The maximum Gasteiger partial charge on any atom is 0.224 e. The van der Waals surface area contributed by atoms with E-state index in [0.717, 1.165) is 12.0 Å². The van der Waals surface area contributed by atoms with Gasteiger partial charge < -0.3 is 5.32 Å². The summed E-state index contributed by atoms with van der Waals surface area (Å²) in [7, 11) is 0. The number of carbonyl (C=O) groups excluding carboxylic acids is 1. The van der Waals surface area contributed by atoms with Crippen LogP contribution in [0, 0.1) is 12.8 Å². The van der Waals surface area contributed by atoms with Gasteiger partial charge in [-0.2, -0.15) is 0 Å². The van der Waals surface area contributed by atoms with Crippen LogP contribution >= 0.6 is 0 Å². The van der Waals surface area contributed by atoms with Crippen molar-refractivity contribution in [1.82, 2.24) is 5.32 Å². The van der Waals surface area contributed by atoms with Gasteiger partial charge in [0.1, 0.15) is 0 Å². The Balaban J connectivity index is 1.90. The van der Waals surface area contributed by atoms with Crippen LogP contribution in [0.3, 0.4) is 0 Å². The van der Waals surface area contributed by atoms with E-state index in [1.807, 2.05) is 18.2 Å². The molecule has 1 aromatic rings. The Kier molecular flexibility index (Phi) is 4.40. The molecule has 0 saturated heterocycles. The Bertz CT molecular complexity index is 413. The summed E-state index contributed by atoms with van der Waals surface area (Å²) in [6.45, 7) is 4.31. The SMILES string of the molecule is Cc1ccccc1CC(=O)NC1CCCCC1C. The smallest absolute Gasteiger partial charge is 0.224 e. The van der Waals surface area contributed by atoms with E-state index < -0.39 is 0 Å². The fourth-order valence-corrected chi connectivity index (χ4v) is 2.77. The van der Waals surface area contributed by atoms with Crippen molar-refractivity contribution in [3.63, 3.8) is 0 Å². The molecule has 2 atom stereocenters. The first-order valence-electron chi connectivity index (χ1n) is 7.00. The highest BCUT2D eigenvalue weighted by Crippen LogP contribution is 2.23. The van der Waals surface area contributed by atoms with E-state index in [4.69, 9.17) is 0 Å². The molecule has 1 aliphatic rings. The standard InChI is InChI=1S/C16H23NO/c1-12-7-3-5-9-14(12)11-16(18)17-15-10-6-4-8-13(15)2/h3,5,7,9,13,15H,4,6,8,10-11H2,1-2H3,(H,17,18). The highest BCUT2D eigenvalue weighted by atomic mass is 16.1. The molecule has 1 N–H and O–H groups in total. The van der Waals surface area contributed by atoms with E-state index in [-0.39, 0.29) is 5.91 Å². The summed E-state index contributed by atoms with van der Waals surface area (Å²) in [5.41, 5.74) is 2.34. The van der Waals surface area contributed by atoms with Gasteiger partial charge in [0.05, 0.1) is 6.42 Å². The van der Waals surface area contributed by atoms with Crippen molar-refractivity contribution >= 4 is 5.91 Å². The molecule has 0 heterocycles. The first-order valence-corrected chi connectivity index (χ1v) is 7.00. The monoisotopic (exact) mass is 245 g/mol. The molecule has 0 aliphatic heterocycles. The van der Waals surface area contributed by atoms with E-state index in [0.29, 0.717) is 18.4 Å². The highest BCUT2D eigenvalue weighted by molar-refractivity contribution is 5.79. The molecule has 2 heteroatoms. The molecule has 1 aliphatic carbocycles. The Morgan fingerprint density at radius 1 is 1.28 bits per heavy atom. The van der Waals surface area contributed by atoms with Crippen LogP contribution in [0.1, 0.15) is 43.7 Å². The average Bonchev–Trinajstić information content (AvgIpc) is 2.35. The van der Waals surface area contributed by atoms with Crippen molar-refractivity contribution in [1.29, 1.82) is 0 Å². The summed E-state index contributed by atoms with van der Waals surface area (Å²) >= 11 is 0. The minimum Gasteiger partial charge on any atom is -0.353 e. The molecular formula is C16H23NO. The lowest BCUT2D eigenvalue weighted by Crippen LogP contribution is -2.41. The first-order chi connectivity index (χ1) is 8.66. The number of aryl methyl sites for hydroxylation is 1. The van der Waals surface area contributed by atoms with Gasteiger partial charge in [0, 0.05) is 6.04 Å². The topological polar surface area (TPSA) is 29.1 Å². The molecule has 1 fully saturated rings. The molecule has 1 saturated carbocycles. The maximum atomic E-state index is 12.1. The van der Waals surface area contributed by atoms with Gasteiger partial charge in [0.15, 0.2) is 0 Å². The number of benzene rings is 1. The van der Waals surface area contributed by atoms with Gasteiger partial charge in [-0.15, -0.1) is 0 Å². The molecule has 18 heavy (non-hydrogen) atoms. The fraction of sp³-hybridized carbons (Fsp3) is 0.562. The Labute approximate surface area is 110 Å². The second kappa shape index (κ2) is 6.03. The summed E-state index contributed by atoms with van der Waals surface area (Å²) in [6.07, 6.45) is 5.46. The molecule has 2 nitrogen and oxygen atoms in total. The van der Waals surface area contributed by atoms with Gasteiger partial charge in [0.25, 0.3) is 0 Å². The van der Waals surface area contributed by atoms with E-state index in [1.54, 1.807) is 0 Å². The quantitative estimate of drug-likeness (QED) is 0.870. The number of hydrogen-bond acceptors (Lipinski definition) is 1. The zero-order valence-corrected chi connectivity index (χ0v) is 11.4. The molecular weight excluding hydrogens is 222 g/mol. The fourth-order valence-electron chi connectivity index (χ4n) is 2.77. The van der Waals surface area contributed by atoms with E-state index >= 15 is 0 Å². The lowest BCUT2D eigenvalue weighted by atomic mass is 9.86. The Morgan fingerprint density at radius 2 is 2.00 bits per heavy atom. The molecule has 2 rings (SSSR count). The Morgan fingerprint density at radius 3 is 2.72 bits per heavy atom. The van der Waals surface area contributed by atoms with Crippen LogP contribution < -0.4 is 5.32 Å². The van der Waals surface area contributed by atoms with Crippen LogP contribution in [0.2, 0.25) is 0 Å². The number of rotatable bonds is 3. The predicted molar refractivity (Wildman–Crippen MR) is 74.4 cm³/mol. The number of amides is 1. The second-order valence-corrected chi connectivity index (χ2v) is 5.54. The third kappa shape index (κ3) is 3.34. The predicted octanol–water partition coefficient (Wildman–Crippen LogP) is 3.23. The van der Waals surface area contributed by atoms with Crippen molar-refractivity contribution in [2.45, 2.75) is 52.0 Å². The zero-order chi connectivity index (χ0) is 13.0. The van der Waals surface area contributed by atoms with Gasteiger partial charge in [-0.3, -0.25) is 4.79 Å². The summed E-state index contributed by atoms with van der Waals surface area (Å²) in [6, 6.07) is 8.50. The third-order valence-electron chi connectivity index (χ3n) is 4.07. The van der Waals surface area contributed by atoms with Crippen LogP contribution in [0.5, 0.6) is 0 Å². The minimum absolute atomic E-state index is 0.169. The van der Waals surface area contributed by atoms with Crippen molar-refractivity contribution in [3.05, 3.63) is 35.4 Å². The average molecular weight is 245 g/mol. The van der Waals surface area contributed by atoms with Crippen LogP contribution in [0.25, 0.3) is 0 Å². The summed E-state index contributed by atoms with van der Waals surface area (Å²) in [5, 5.41) is 3.21. The van der Waals surface area contributed by atoms with E-state index in [9.17, 15) is 4.79 Å². The van der Waals surface area contributed by atoms with Gasteiger partial charge in [-0.25, -0.2) is 0 Å². The van der Waals surface area contributed by atoms with Crippen LogP contribution in [0.15, 0.2) is 24.3 Å². The number of nitrogens with one attached hydrogen (secondary N) is 1. The van der Waals surface area contributed by atoms with Gasteiger partial charge in [-0.05, 0) is 36.8 Å². The maximum absolute atomic E-state index is 12.1. The molecule has 0 bridgehead atoms. The van der Waals surface area contributed by atoms with Crippen molar-refractivity contribution < 1.29 is 4.79 Å². The Hall–Kier alpha value is -1.31. The minimum atomic E-state index is 0.169. The highest BCUT2D eigenvalue weighted by Gasteiger charge is 2.22. The van der Waals surface area contributed by atoms with Gasteiger partial charge >= 0.3 is 0 Å². The molecule has 1 aromatic carbocycles. The summed E-state index contributed by atoms with van der Waals surface area (Å²) < 4.78 is 0. The third-order valence-corrected chi connectivity index (χ3v) is 4.07. The molecule has 98 valence electrons. The van der Waals surface area contributed by atoms with Crippen molar-refractivity contribution in [2.24, 2.45) is 5.92 Å². The lowest BCUT2D eigenvalue weighted by molar-refractivity contribution is -0.121. The normalized spacial score (nSPS) is 23.7. The number of carbonyl (C=O) groups is 1. The summed E-state index contributed by atoms with van der Waals surface area (Å²) in [4.78, 5) is 12.1. The van der Waals surface area contributed by atoms with Crippen molar-refractivity contribution in [3.8, 4) is 0 Å². The molecule has 1 amide bonds. The van der Waals surface area contributed by atoms with Crippen LogP contribution in [-0.2, 0) is 11.2 Å². The molecule has 2 unspecified atom stereocenters. The zero-order valence-electron chi connectivity index (χ0n) is 11.4. The van der Waals surface area contributed by atoms with Crippen LogP contribution in [0.4, 0.5) is 0 Å². The van der Waals surface area contributed by atoms with Gasteiger partial charge in [-0.1, -0.05) is 44.0 Å². The van der Waals surface area contributed by atoms with E-state index in [1.165, 1.54) is 24.8 Å². The number of hydrogen-bond donors (Lipinski definition) is 1. The molecule has 0 spiro atoms. The van der Waals surface area contributed by atoms with E-state index in [2.05, 4.69) is 25.2 Å². The van der Waals surface area contributed by atoms with Crippen molar-refractivity contribution in [2.75, 3.05) is 0 Å². The lowest BCUT2D eigenvalue weighted by Gasteiger charge is -2.29. The molecule has 0 aromatic heterocycles. The molecule has 0 radical (unpaired) electrons. The first kappa shape index (κ1) is 13.1. The summed E-state index contributed by atoms with van der Waals surface area (Å²) in [5.74, 6) is 0.794. The van der Waals surface area contributed by atoms with Gasteiger partial charge in [0.2, 0.25) is 5.91 Å². The van der Waals surface area contributed by atoms with Crippen LogP contribution in [-0.4, -0.2) is 11.9 Å². The largest absolute Gasteiger partial charge is 0.353 e. The second-order valence-electron chi connectivity index (χ2n) is 5.54.